The SMILES string of the molecule is CN(CC(=O)Nc1ncccn1)CC1(O)CCCC1. The summed E-state index contributed by atoms with van der Waals surface area (Å²) in [5.74, 6) is 0.135. The topological polar surface area (TPSA) is 78.4 Å². The van der Waals surface area contributed by atoms with Gasteiger partial charge in [0.2, 0.25) is 11.9 Å². The zero-order valence-electron chi connectivity index (χ0n) is 11.2. The van der Waals surface area contributed by atoms with Gasteiger partial charge < -0.3 is 5.11 Å². The van der Waals surface area contributed by atoms with Crippen molar-refractivity contribution < 1.29 is 9.90 Å². The molecule has 1 aromatic heterocycles. The summed E-state index contributed by atoms with van der Waals surface area (Å²) in [7, 11) is 1.84. The van der Waals surface area contributed by atoms with E-state index in [-0.39, 0.29) is 12.5 Å². The summed E-state index contributed by atoms with van der Waals surface area (Å²) in [6, 6.07) is 1.69. The van der Waals surface area contributed by atoms with E-state index in [4.69, 9.17) is 0 Å². The van der Waals surface area contributed by atoms with E-state index in [1.54, 1.807) is 18.5 Å². The summed E-state index contributed by atoms with van der Waals surface area (Å²) in [5.41, 5.74) is -0.627. The van der Waals surface area contributed by atoms with Crippen LogP contribution in [-0.4, -0.2) is 51.6 Å². The Labute approximate surface area is 112 Å². The van der Waals surface area contributed by atoms with Crippen molar-refractivity contribution in [3.63, 3.8) is 0 Å². The number of nitrogens with one attached hydrogen (secondary N) is 1. The Balaban J connectivity index is 1.78. The fraction of sp³-hybridized carbons (Fsp3) is 0.615. The zero-order chi connectivity index (χ0) is 13.7. The van der Waals surface area contributed by atoms with Gasteiger partial charge in [0.05, 0.1) is 12.1 Å². The van der Waals surface area contributed by atoms with Crippen LogP contribution in [0.3, 0.4) is 0 Å². The number of aromatic nitrogens is 2. The molecular weight excluding hydrogens is 244 g/mol. The molecule has 0 spiro atoms. The Kier molecular flexibility index (Phi) is 4.44. The van der Waals surface area contributed by atoms with Gasteiger partial charge in [-0.2, -0.15) is 0 Å². The van der Waals surface area contributed by atoms with Gasteiger partial charge >= 0.3 is 0 Å². The predicted octanol–water partition coefficient (Wildman–Crippen LogP) is 0.652. The molecule has 1 fully saturated rings. The first kappa shape index (κ1) is 13.9. The minimum Gasteiger partial charge on any atom is -0.389 e. The van der Waals surface area contributed by atoms with E-state index in [9.17, 15) is 9.90 Å². The smallest absolute Gasteiger partial charge is 0.240 e. The largest absolute Gasteiger partial charge is 0.389 e. The maximum absolute atomic E-state index is 11.8. The molecule has 0 aromatic carbocycles. The lowest BCUT2D eigenvalue weighted by Crippen LogP contribution is -2.42. The first-order valence-corrected chi connectivity index (χ1v) is 6.55. The van der Waals surface area contributed by atoms with Gasteiger partial charge in [-0.1, -0.05) is 12.8 Å². The molecule has 1 saturated carbocycles. The summed E-state index contributed by atoms with van der Waals surface area (Å²) in [5, 5.41) is 12.9. The molecule has 2 N–H and O–H groups in total. The number of aliphatic hydroxyl groups is 1. The third-order valence-corrected chi connectivity index (χ3v) is 3.33. The Morgan fingerprint density at radius 3 is 2.68 bits per heavy atom. The van der Waals surface area contributed by atoms with E-state index in [0.717, 1.165) is 25.7 Å². The number of rotatable bonds is 5. The summed E-state index contributed by atoms with van der Waals surface area (Å²) < 4.78 is 0. The zero-order valence-corrected chi connectivity index (χ0v) is 11.2. The highest BCUT2D eigenvalue weighted by molar-refractivity contribution is 5.90. The number of carbonyl (C=O) groups is 1. The number of anilines is 1. The first-order chi connectivity index (χ1) is 9.07. The number of carbonyl (C=O) groups excluding carboxylic acids is 1. The molecule has 2 rings (SSSR count). The van der Waals surface area contributed by atoms with Crippen LogP contribution in [-0.2, 0) is 4.79 Å². The molecule has 1 aliphatic carbocycles. The Bertz CT molecular complexity index is 418. The molecule has 0 saturated heterocycles. The molecule has 0 radical (unpaired) electrons. The second kappa shape index (κ2) is 6.08. The average molecular weight is 264 g/mol. The highest BCUT2D eigenvalue weighted by atomic mass is 16.3. The number of nitrogens with zero attached hydrogens (tertiary/aromatic N) is 3. The molecule has 6 heteroatoms. The van der Waals surface area contributed by atoms with Gasteiger partial charge in [0.15, 0.2) is 0 Å². The monoisotopic (exact) mass is 264 g/mol. The van der Waals surface area contributed by atoms with E-state index in [0.29, 0.717) is 12.5 Å². The van der Waals surface area contributed by atoms with Gasteiger partial charge in [-0.25, -0.2) is 9.97 Å². The van der Waals surface area contributed by atoms with E-state index < -0.39 is 5.60 Å². The van der Waals surface area contributed by atoms with Crippen LogP contribution in [0.25, 0.3) is 0 Å². The molecular formula is C13H20N4O2. The average Bonchev–Trinajstić information content (AvgIpc) is 2.76. The summed E-state index contributed by atoms with van der Waals surface area (Å²) in [6.45, 7) is 0.747. The molecule has 1 aliphatic rings. The summed E-state index contributed by atoms with van der Waals surface area (Å²) in [6.07, 6.45) is 6.92. The third-order valence-electron chi connectivity index (χ3n) is 3.33. The Morgan fingerprint density at radius 1 is 1.42 bits per heavy atom. The lowest BCUT2D eigenvalue weighted by molar-refractivity contribution is -0.117. The van der Waals surface area contributed by atoms with Crippen LogP contribution in [0, 0.1) is 0 Å². The molecule has 6 nitrogen and oxygen atoms in total. The maximum atomic E-state index is 11.8. The van der Waals surface area contributed by atoms with E-state index >= 15 is 0 Å². The third kappa shape index (κ3) is 4.25. The number of amides is 1. The van der Waals surface area contributed by atoms with Gasteiger partial charge in [-0.05, 0) is 26.0 Å². The van der Waals surface area contributed by atoms with Crippen molar-refractivity contribution in [1.29, 1.82) is 0 Å². The van der Waals surface area contributed by atoms with Crippen molar-refractivity contribution in [3.8, 4) is 0 Å². The fourth-order valence-corrected chi connectivity index (χ4v) is 2.52. The highest BCUT2D eigenvalue weighted by Crippen LogP contribution is 2.29. The van der Waals surface area contributed by atoms with Crippen LogP contribution in [0.2, 0.25) is 0 Å². The second-order valence-electron chi connectivity index (χ2n) is 5.22. The molecule has 0 aliphatic heterocycles. The number of hydrogen-bond acceptors (Lipinski definition) is 5. The van der Waals surface area contributed by atoms with Crippen LogP contribution in [0.5, 0.6) is 0 Å². The van der Waals surface area contributed by atoms with Gasteiger partial charge in [-0.3, -0.25) is 15.0 Å². The highest BCUT2D eigenvalue weighted by Gasteiger charge is 2.32. The van der Waals surface area contributed by atoms with Crippen LogP contribution < -0.4 is 5.32 Å². The van der Waals surface area contributed by atoms with Crippen LogP contribution in [0.1, 0.15) is 25.7 Å². The fourth-order valence-electron chi connectivity index (χ4n) is 2.52. The van der Waals surface area contributed by atoms with Crippen molar-refractivity contribution in [2.45, 2.75) is 31.3 Å². The first-order valence-electron chi connectivity index (χ1n) is 6.55. The standard InChI is InChI=1S/C13H20N4O2/c1-17(10-13(19)5-2-3-6-13)9-11(18)16-12-14-7-4-8-15-12/h4,7-8,19H,2-3,5-6,9-10H2,1H3,(H,14,15,16,18). The molecule has 1 amide bonds. The van der Waals surface area contributed by atoms with E-state index in [1.165, 1.54) is 0 Å². The van der Waals surface area contributed by atoms with Crippen molar-refractivity contribution in [2.75, 3.05) is 25.5 Å². The molecule has 0 bridgehead atoms. The Hall–Kier alpha value is -1.53. The van der Waals surface area contributed by atoms with Crippen molar-refractivity contribution >= 4 is 11.9 Å². The number of likely N-dealkylation sites (N-methyl/N-ethyl adjacent to an activating group) is 1. The van der Waals surface area contributed by atoms with Crippen LogP contribution >= 0.6 is 0 Å². The van der Waals surface area contributed by atoms with E-state index in [2.05, 4.69) is 15.3 Å². The van der Waals surface area contributed by atoms with Gasteiger partial charge in [0.25, 0.3) is 0 Å². The molecule has 0 atom stereocenters. The predicted molar refractivity (Wildman–Crippen MR) is 71.6 cm³/mol. The Morgan fingerprint density at radius 2 is 2.05 bits per heavy atom. The molecule has 104 valence electrons. The van der Waals surface area contributed by atoms with Crippen LogP contribution in [0.15, 0.2) is 18.5 Å². The quantitative estimate of drug-likeness (QED) is 0.816. The maximum Gasteiger partial charge on any atom is 0.240 e. The minimum absolute atomic E-state index is 0.171. The molecule has 19 heavy (non-hydrogen) atoms. The number of hydrogen-bond donors (Lipinski definition) is 2. The minimum atomic E-state index is -0.627. The normalized spacial score (nSPS) is 17.6. The second-order valence-corrected chi connectivity index (χ2v) is 5.22. The molecule has 1 aromatic rings. The summed E-state index contributed by atoms with van der Waals surface area (Å²) >= 11 is 0. The van der Waals surface area contributed by atoms with Gasteiger partial charge in [-0.15, -0.1) is 0 Å². The summed E-state index contributed by atoms with van der Waals surface area (Å²) in [4.78, 5) is 21.5. The lowest BCUT2D eigenvalue weighted by atomic mass is 10.0. The van der Waals surface area contributed by atoms with Gasteiger partial charge in [0.1, 0.15) is 0 Å². The van der Waals surface area contributed by atoms with Crippen molar-refractivity contribution in [3.05, 3.63) is 18.5 Å². The van der Waals surface area contributed by atoms with Crippen molar-refractivity contribution in [1.82, 2.24) is 14.9 Å². The van der Waals surface area contributed by atoms with Crippen molar-refractivity contribution in [2.24, 2.45) is 0 Å². The van der Waals surface area contributed by atoms with E-state index in [1.807, 2.05) is 11.9 Å². The van der Waals surface area contributed by atoms with Crippen LogP contribution in [0.4, 0.5) is 5.95 Å². The lowest BCUT2D eigenvalue weighted by Gasteiger charge is -2.28. The van der Waals surface area contributed by atoms with Gasteiger partial charge in [0, 0.05) is 18.9 Å². The molecule has 0 unspecified atom stereocenters. The molecule has 1 heterocycles.